The Morgan fingerprint density at radius 1 is 1.08 bits per heavy atom. The minimum absolute atomic E-state index is 0.205. The van der Waals surface area contributed by atoms with Crippen LogP contribution in [0.2, 0.25) is 0 Å². The molecule has 0 aliphatic carbocycles. The third kappa shape index (κ3) is 4.33. The summed E-state index contributed by atoms with van der Waals surface area (Å²) >= 11 is 0. The fourth-order valence-electron chi connectivity index (χ4n) is 2.87. The summed E-state index contributed by atoms with van der Waals surface area (Å²) in [5.74, 6) is 0.205. The van der Waals surface area contributed by atoms with E-state index < -0.39 is 12.7 Å². The van der Waals surface area contributed by atoms with Crippen LogP contribution in [-0.4, -0.2) is 28.9 Å². The molecule has 1 atom stereocenters. The average Bonchev–Trinajstić information content (AvgIpc) is 2.95. The van der Waals surface area contributed by atoms with Crippen LogP contribution in [0.4, 0.5) is 13.2 Å². The van der Waals surface area contributed by atoms with Crippen LogP contribution in [-0.2, 0) is 6.42 Å². The first-order chi connectivity index (χ1) is 11.8. The Hall–Kier alpha value is -2.47. The molecule has 0 amide bonds. The van der Waals surface area contributed by atoms with Crippen molar-refractivity contribution in [3.05, 3.63) is 54.2 Å². The van der Waals surface area contributed by atoms with E-state index in [0.717, 1.165) is 27.6 Å². The van der Waals surface area contributed by atoms with Crippen LogP contribution >= 0.6 is 0 Å². The molecule has 0 fully saturated rings. The molecule has 0 bridgehead atoms. The van der Waals surface area contributed by atoms with Crippen molar-refractivity contribution in [2.75, 3.05) is 6.54 Å². The van der Waals surface area contributed by atoms with E-state index in [2.05, 4.69) is 10.3 Å². The van der Waals surface area contributed by atoms with Gasteiger partial charge in [-0.3, -0.25) is 0 Å². The molecular formula is C19H19F3N2O. The lowest BCUT2D eigenvalue weighted by molar-refractivity contribution is -0.126. The van der Waals surface area contributed by atoms with Gasteiger partial charge in [0.05, 0.1) is 6.54 Å². The number of aromatic amines is 1. The highest BCUT2D eigenvalue weighted by atomic mass is 19.4. The summed E-state index contributed by atoms with van der Waals surface area (Å²) in [4.78, 5) is 3.16. The Balaban J connectivity index is 1.82. The number of H-pyrrole nitrogens is 1. The van der Waals surface area contributed by atoms with Gasteiger partial charge in [0.15, 0.2) is 0 Å². The molecule has 1 heterocycles. The second-order valence-corrected chi connectivity index (χ2v) is 6.22. The number of phenols is 1. The first kappa shape index (κ1) is 17.4. The molecule has 0 saturated heterocycles. The summed E-state index contributed by atoms with van der Waals surface area (Å²) in [6.45, 7) is 0.754. The SMILES string of the molecule is C[C@H](Cc1c[nH]c2ccc(-c3ccc(O)cc3)cc12)NCC(F)(F)F. The summed E-state index contributed by atoms with van der Waals surface area (Å²) < 4.78 is 37.0. The molecule has 0 aliphatic rings. The number of alkyl halides is 3. The van der Waals surface area contributed by atoms with Gasteiger partial charge in [-0.1, -0.05) is 18.2 Å². The largest absolute Gasteiger partial charge is 0.508 e. The number of nitrogens with one attached hydrogen (secondary N) is 2. The fourth-order valence-corrected chi connectivity index (χ4v) is 2.87. The van der Waals surface area contributed by atoms with Crippen LogP contribution in [0.15, 0.2) is 48.7 Å². The lowest BCUT2D eigenvalue weighted by Gasteiger charge is -2.15. The van der Waals surface area contributed by atoms with E-state index in [9.17, 15) is 18.3 Å². The predicted molar refractivity (Wildman–Crippen MR) is 92.6 cm³/mol. The molecule has 0 radical (unpaired) electrons. The maximum atomic E-state index is 12.3. The molecule has 3 N–H and O–H groups in total. The van der Waals surface area contributed by atoms with Gasteiger partial charge in [0.1, 0.15) is 5.75 Å². The number of fused-ring (bicyclic) bond motifs is 1. The van der Waals surface area contributed by atoms with Crippen LogP contribution < -0.4 is 5.32 Å². The molecule has 6 heteroatoms. The monoisotopic (exact) mass is 348 g/mol. The van der Waals surface area contributed by atoms with E-state index in [4.69, 9.17) is 0 Å². The standard InChI is InChI=1S/C19H19F3N2O/c1-12(24-11-19(20,21)22)8-15-10-23-18-7-4-14(9-17(15)18)13-2-5-16(25)6-3-13/h2-7,9-10,12,23-25H,8,11H2,1H3/t12-/m1/s1. The number of aromatic hydroxyl groups is 1. The molecule has 3 nitrogen and oxygen atoms in total. The molecular weight excluding hydrogens is 329 g/mol. The van der Waals surface area contributed by atoms with Crippen LogP contribution in [0.25, 0.3) is 22.0 Å². The third-order valence-corrected chi connectivity index (χ3v) is 4.15. The molecule has 25 heavy (non-hydrogen) atoms. The number of aromatic nitrogens is 1. The zero-order chi connectivity index (χ0) is 18.0. The Kier molecular flexibility index (Phi) is 4.72. The van der Waals surface area contributed by atoms with Crippen molar-refractivity contribution >= 4 is 10.9 Å². The Bertz CT molecular complexity index is 853. The van der Waals surface area contributed by atoms with E-state index in [1.54, 1.807) is 19.1 Å². The van der Waals surface area contributed by atoms with Crippen molar-refractivity contribution in [3.63, 3.8) is 0 Å². The average molecular weight is 348 g/mol. The topological polar surface area (TPSA) is 48.0 Å². The Morgan fingerprint density at radius 2 is 1.76 bits per heavy atom. The van der Waals surface area contributed by atoms with E-state index in [1.807, 2.05) is 36.5 Å². The maximum absolute atomic E-state index is 12.3. The second-order valence-electron chi connectivity index (χ2n) is 6.22. The first-order valence-electron chi connectivity index (χ1n) is 8.01. The van der Waals surface area contributed by atoms with Crippen molar-refractivity contribution < 1.29 is 18.3 Å². The van der Waals surface area contributed by atoms with Gasteiger partial charge in [-0.15, -0.1) is 0 Å². The molecule has 0 aliphatic heterocycles. The van der Waals surface area contributed by atoms with E-state index in [0.29, 0.717) is 6.42 Å². The molecule has 2 aromatic carbocycles. The van der Waals surface area contributed by atoms with Crippen LogP contribution in [0.1, 0.15) is 12.5 Å². The van der Waals surface area contributed by atoms with Gasteiger partial charge in [-0.2, -0.15) is 13.2 Å². The highest BCUT2D eigenvalue weighted by Gasteiger charge is 2.27. The maximum Gasteiger partial charge on any atom is 0.401 e. The molecule has 1 aromatic heterocycles. The number of benzene rings is 2. The van der Waals surface area contributed by atoms with Gasteiger partial charge in [0.25, 0.3) is 0 Å². The molecule has 0 saturated carbocycles. The smallest absolute Gasteiger partial charge is 0.401 e. The third-order valence-electron chi connectivity index (χ3n) is 4.15. The highest BCUT2D eigenvalue weighted by Crippen LogP contribution is 2.28. The number of rotatable bonds is 5. The van der Waals surface area contributed by atoms with Gasteiger partial charge >= 0.3 is 6.18 Å². The van der Waals surface area contributed by atoms with Crippen molar-refractivity contribution in [2.24, 2.45) is 0 Å². The summed E-state index contributed by atoms with van der Waals surface area (Å²) in [6.07, 6.45) is -1.87. The lowest BCUT2D eigenvalue weighted by atomic mass is 10.0. The Labute approximate surface area is 143 Å². The van der Waals surface area contributed by atoms with Gasteiger partial charge in [0, 0.05) is 23.1 Å². The van der Waals surface area contributed by atoms with Gasteiger partial charge in [0.2, 0.25) is 0 Å². The quantitative estimate of drug-likeness (QED) is 0.630. The number of hydrogen-bond donors (Lipinski definition) is 3. The zero-order valence-corrected chi connectivity index (χ0v) is 13.7. The number of halogens is 3. The highest BCUT2D eigenvalue weighted by molar-refractivity contribution is 5.88. The van der Waals surface area contributed by atoms with Crippen molar-refractivity contribution in [2.45, 2.75) is 25.6 Å². The molecule has 3 aromatic rings. The van der Waals surface area contributed by atoms with Crippen LogP contribution in [0, 0.1) is 0 Å². The van der Waals surface area contributed by atoms with Gasteiger partial charge in [-0.05, 0) is 54.3 Å². The first-order valence-corrected chi connectivity index (χ1v) is 8.01. The summed E-state index contributed by atoms with van der Waals surface area (Å²) in [5.41, 5.74) is 3.87. The summed E-state index contributed by atoms with van der Waals surface area (Å²) in [7, 11) is 0. The zero-order valence-electron chi connectivity index (χ0n) is 13.7. The van der Waals surface area contributed by atoms with E-state index in [1.165, 1.54) is 0 Å². The van der Waals surface area contributed by atoms with Crippen LogP contribution in [0.3, 0.4) is 0 Å². The fraction of sp³-hybridized carbons (Fsp3) is 0.263. The molecule has 0 spiro atoms. The minimum Gasteiger partial charge on any atom is -0.508 e. The van der Waals surface area contributed by atoms with Gasteiger partial charge in [-0.25, -0.2) is 0 Å². The predicted octanol–water partition coefficient (Wildman–Crippen LogP) is 4.62. The van der Waals surface area contributed by atoms with Gasteiger partial charge < -0.3 is 15.4 Å². The summed E-state index contributed by atoms with van der Waals surface area (Å²) in [5, 5.41) is 12.9. The number of hydrogen-bond acceptors (Lipinski definition) is 2. The molecule has 132 valence electrons. The van der Waals surface area contributed by atoms with E-state index in [-0.39, 0.29) is 11.8 Å². The minimum atomic E-state index is -4.21. The number of phenolic OH excluding ortho intramolecular Hbond substituents is 1. The van der Waals surface area contributed by atoms with Crippen molar-refractivity contribution in [3.8, 4) is 16.9 Å². The Morgan fingerprint density at radius 3 is 2.44 bits per heavy atom. The van der Waals surface area contributed by atoms with Crippen LogP contribution in [0.5, 0.6) is 5.75 Å². The van der Waals surface area contributed by atoms with Crippen molar-refractivity contribution in [1.29, 1.82) is 0 Å². The summed E-state index contributed by atoms with van der Waals surface area (Å²) in [6, 6.07) is 12.6. The van der Waals surface area contributed by atoms with E-state index >= 15 is 0 Å². The molecule has 3 rings (SSSR count). The molecule has 0 unspecified atom stereocenters. The van der Waals surface area contributed by atoms with Crippen molar-refractivity contribution in [1.82, 2.24) is 10.3 Å². The second kappa shape index (κ2) is 6.80. The lowest BCUT2D eigenvalue weighted by Crippen LogP contribution is -2.36. The normalized spacial score (nSPS) is 13.3.